The van der Waals surface area contributed by atoms with Crippen molar-refractivity contribution in [1.29, 1.82) is 0 Å². The van der Waals surface area contributed by atoms with Gasteiger partial charge in [0.25, 0.3) is 5.91 Å². The van der Waals surface area contributed by atoms with E-state index >= 15 is 0 Å². The summed E-state index contributed by atoms with van der Waals surface area (Å²) in [5.74, 6) is -0.154. The molecule has 2 aromatic heterocycles. The smallest absolute Gasteiger partial charge is 0.262 e. The van der Waals surface area contributed by atoms with Gasteiger partial charge in [0, 0.05) is 30.1 Å². The molecule has 0 fully saturated rings. The summed E-state index contributed by atoms with van der Waals surface area (Å²) in [7, 11) is 0. The van der Waals surface area contributed by atoms with Gasteiger partial charge in [-0.15, -0.1) is 35.1 Å². The Morgan fingerprint density at radius 1 is 1.00 bits per heavy atom. The number of thiophene rings is 1. The molecule has 1 aliphatic heterocycles. The number of fused-ring (bicyclic) bond motifs is 2. The van der Waals surface area contributed by atoms with Crippen molar-refractivity contribution < 1.29 is 13.9 Å². The van der Waals surface area contributed by atoms with Gasteiger partial charge in [0.2, 0.25) is 0 Å². The lowest BCUT2D eigenvalue weighted by Gasteiger charge is -2.27. The van der Waals surface area contributed by atoms with Crippen LogP contribution in [0, 0.1) is 5.82 Å². The molecule has 38 heavy (non-hydrogen) atoms. The van der Waals surface area contributed by atoms with Crippen LogP contribution in [0.2, 0.25) is 0 Å². The molecule has 1 N–H and O–H groups in total. The minimum atomic E-state index is -0.345. The summed E-state index contributed by atoms with van der Waals surface area (Å²) in [4.78, 5) is 21.5. The number of thiazole rings is 1. The second-order valence-electron chi connectivity index (χ2n) is 8.93. The topological polar surface area (TPSA) is 54.5 Å². The molecule has 1 aliphatic rings. The van der Waals surface area contributed by atoms with E-state index in [9.17, 15) is 9.18 Å². The third-order valence-electron chi connectivity index (χ3n) is 6.33. The molecule has 3 aromatic carbocycles. The van der Waals surface area contributed by atoms with Gasteiger partial charge in [-0.2, -0.15) is 0 Å². The summed E-state index contributed by atoms with van der Waals surface area (Å²) in [6.45, 7) is 2.50. The molecule has 0 saturated carbocycles. The minimum absolute atomic E-state index is 0. The Morgan fingerprint density at radius 3 is 2.55 bits per heavy atom. The molecule has 3 heterocycles. The molecule has 5 aromatic rings. The average Bonchev–Trinajstić information content (AvgIpc) is 3.49. The first-order valence-corrected chi connectivity index (χ1v) is 13.7. The number of nitrogens with one attached hydrogen (secondary N) is 1. The maximum atomic E-state index is 13.2. The van der Waals surface area contributed by atoms with Crippen LogP contribution < -0.4 is 10.1 Å². The third-order valence-corrected chi connectivity index (χ3v) is 8.52. The van der Waals surface area contributed by atoms with E-state index in [-0.39, 0.29) is 30.7 Å². The first-order chi connectivity index (χ1) is 18.1. The van der Waals surface area contributed by atoms with E-state index in [0.717, 1.165) is 51.8 Å². The second-order valence-corrected chi connectivity index (χ2v) is 11.1. The van der Waals surface area contributed by atoms with Crippen molar-refractivity contribution in [1.82, 2.24) is 9.88 Å². The number of aromatic nitrogens is 1. The van der Waals surface area contributed by atoms with E-state index in [0.29, 0.717) is 5.75 Å². The second kappa shape index (κ2) is 11.6. The highest BCUT2D eigenvalue weighted by Gasteiger charge is 2.28. The van der Waals surface area contributed by atoms with Gasteiger partial charge in [-0.25, -0.2) is 9.37 Å². The fraction of sp³-hybridized carbons (Fsp3) is 0.172. The van der Waals surface area contributed by atoms with Gasteiger partial charge in [-0.05, 0) is 53.9 Å². The number of amides is 1. The predicted octanol–water partition coefficient (Wildman–Crippen LogP) is 7.16. The maximum absolute atomic E-state index is 13.2. The Bertz CT molecular complexity index is 1520. The molecular weight excluding hydrogens is 541 g/mol. The van der Waals surface area contributed by atoms with Crippen LogP contribution >= 0.6 is 35.1 Å². The zero-order valence-electron chi connectivity index (χ0n) is 20.4. The number of hydrogen-bond donors (Lipinski definition) is 1. The molecule has 0 bridgehead atoms. The molecule has 1 amide bonds. The number of anilines is 1. The van der Waals surface area contributed by atoms with Crippen LogP contribution in [0.25, 0.3) is 20.8 Å². The van der Waals surface area contributed by atoms with Gasteiger partial charge in [0.1, 0.15) is 21.6 Å². The van der Waals surface area contributed by atoms with Gasteiger partial charge >= 0.3 is 0 Å². The highest BCUT2D eigenvalue weighted by molar-refractivity contribution is 7.22. The van der Waals surface area contributed by atoms with E-state index < -0.39 is 0 Å². The van der Waals surface area contributed by atoms with Gasteiger partial charge in [0.15, 0.2) is 6.61 Å². The summed E-state index contributed by atoms with van der Waals surface area (Å²) < 4.78 is 19.9. The zero-order chi connectivity index (χ0) is 25.2. The van der Waals surface area contributed by atoms with E-state index in [2.05, 4.69) is 40.5 Å². The quantitative estimate of drug-likeness (QED) is 0.227. The maximum Gasteiger partial charge on any atom is 0.262 e. The average molecular weight is 566 g/mol. The number of carbonyl (C=O) groups is 1. The first kappa shape index (κ1) is 26.3. The standard InChI is InChI=1S/C29H24FN3O2S2.ClH/c30-20-10-12-21(13-11-20)35-18-26(34)32-29-27(28-31-23-8-4-5-9-24(23)36-28)22-14-15-33(17-25(22)37-29)16-19-6-2-1-3-7-19;/h1-13H,14-18H2,(H,32,34);1H. The van der Waals surface area contributed by atoms with Crippen LogP contribution in [-0.4, -0.2) is 28.9 Å². The summed E-state index contributed by atoms with van der Waals surface area (Å²) >= 11 is 3.27. The Hall–Kier alpha value is -3.30. The van der Waals surface area contributed by atoms with Crippen molar-refractivity contribution in [2.24, 2.45) is 0 Å². The fourth-order valence-corrected chi connectivity index (χ4v) is 6.99. The predicted molar refractivity (Wildman–Crippen MR) is 155 cm³/mol. The molecule has 0 unspecified atom stereocenters. The van der Waals surface area contributed by atoms with Crippen molar-refractivity contribution >= 4 is 56.2 Å². The van der Waals surface area contributed by atoms with Crippen LogP contribution in [0.1, 0.15) is 16.0 Å². The summed E-state index contributed by atoms with van der Waals surface area (Å²) in [5.41, 5.74) is 4.54. The van der Waals surface area contributed by atoms with Crippen molar-refractivity contribution in [3.8, 4) is 16.3 Å². The number of ether oxygens (including phenoxy) is 1. The Kier molecular flexibility index (Phi) is 8.04. The molecule has 0 atom stereocenters. The SMILES string of the molecule is Cl.O=C(COc1ccc(F)cc1)Nc1sc2c(c1-c1nc3ccccc3s1)CCN(Cc1ccccc1)C2. The Labute approximate surface area is 234 Å². The summed E-state index contributed by atoms with van der Waals surface area (Å²) in [6.07, 6.45) is 0.895. The van der Waals surface area contributed by atoms with Gasteiger partial charge in [-0.3, -0.25) is 9.69 Å². The summed E-state index contributed by atoms with van der Waals surface area (Å²) in [5, 5.41) is 4.81. The molecule has 5 nitrogen and oxygen atoms in total. The van der Waals surface area contributed by atoms with Crippen LogP contribution in [0.4, 0.5) is 9.39 Å². The fourth-order valence-electron chi connectivity index (χ4n) is 4.57. The molecule has 194 valence electrons. The molecule has 0 saturated heterocycles. The van der Waals surface area contributed by atoms with Gasteiger partial charge < -0.3 is 10.1 Å². The van der Waals surface area contributed by atoms with E-state index in [1.165, 1.54) is 40.3 Å². The molecule has 0 radical (unpaired) electrons. The largest absolute Gasteiger partial charge is 0.484 e. The molecule has 9 heteroatoms. The van der Waals surface area contributed by atoms with Crippen molar-refractivity contribution in [3.63, 3.8) is 0 Å². The number of para-hydroxylation sites is 1. The number of carbonyl (C=O) groups excluding carboxylic acids is 1. The molecule has 0 aliphatic carbocycles. The molecule has 6 rings (SSSR count). The Balaban J connectivity index is 0.00000294. The van der Waals surface area contributed by atoms with Crippen LogP contribution in [-0.2, 0) is 24.3 Å². The zero-order valence-corrected chi connectivity index (χ0v) is 22.8. The highest BCUT2D eigenvalue weighted by atomic mass is 35.5. The third kappa shape index (κ3) is 5.73. The lowest BCUT2D eigenvalue weighted by Crippen LogP contribution is -2.29. The van der Waals surface area contributed by atoms with Crippen molar-refractivity contribution in [3.05, 3.63) is 101 Å². The van der Waals surface area contributed by atoms with E-state index in [1.54, 1.807) is 22.7 Å². The normalized spacial score (nSPS) is 13.1. The highest BCUT2D eigenvalue weighted by Crippen LogP contribution is 2.45. The van der Waals surface area contributed by atoms with Gasteiger partial charge in [-0.1, -0.05) is 42.5 Å². The molecular formula is C29H25ClFN3O2S2. The number of halogens is 2. The van der Waals surface area contributed by atoms with Crippen LogP contribution in [0.5, 0.6) is 5.75 Å². The van der Waals surface area contributed by atoms with Gasteiger partial charge in [0.05, 0.1) is 10.2 Å². The van der Waals surface area contributed by atoms with Crippen LogP contribution in [0.15, 0.2) is 78.9 Å². The lowest BCUT2D eigenvalue weighted by atomic mass is 10.0. The minimum Gasteiger partial charge on any atom is -0.484 e. The monoisotopic (exact) mass is 565 g/mol. The van der Waals surface area contributed by atoms with E-state index in [4.69, 9.17) is 9.72 Å². The van der Waals surface area contributed by atoms with Crippen LogP contribution in [0.3, 0.4) is 0 Å². The number of hydrogen-bond acceptors (Lipinski definition) is 6. The Morgan fingerprint density at radius 2 is 1.76 bits per heavy atom. The van der Waals surface area contributed by atoms with Crippen molar-refractivity contribution in [2.45, 2.75) is 19.5 Å². The number of nitrogens with zero attached hydrogens (tertiary/aromatic N) is 2. The lowest BCUT2D eigenvalue weighted by molar-refractivity contribution is -0.118. The first-order valence-electron chi connectivity index (χ1n) is 12.1. The molecule has 0 spiro atoms. The van der Waals surface area contributed by atoms with Crippen molar-refractivity contribution in [2.75, 3.05) is 18.5 Å². The number of benzene rings is 3. The van der Waals surface area contributed by atoms with E-state index in [1.807, 2.05) is 24.3 Å². The summed E-state index contributed by atoms with van der Waals surface area (Å²) in [6, 6.07) is 24.3. The number of rotatable bonds is 7.